The number of rotatable bonds is 0. The second-order valence-corrected chi connectivity index (χ2v) is 1.80. The highest BCUT2D eigenvalue weighted by Gasteiger charge is 2.06. The number of hydrogen-bond acceptors (Lipinski definition) is 0. The average Bonchev–Trinajstić information content (AvgIpc) is 1.69. The van der Waals surface area contributed by atoms with Gasteiger partial charge in [-0.3, -0.25) is 0 Å². The summed E-state index contributed by atoms with van der Waals surface area (Å²) in [6, 6.07) is 0. The Hall–Kier alpha value is -0.400. The van der Waals surface area contributed by atoms with Crippen LogP contribution in [0.25, 0.3) is 0 Å². The highest BCUT2D eigenvalue weighted by Crippen LogP contribution is 1.99. The van der Waals surface area contributed by atoms with Crippen LogP contribution in [0.5, 0.6) is 0 Å². The lowest BCUT2D eigenvalue weighted by atomic mass is 10.2. The van der Waals surface area contributed by atoms with Gasteiger partial charge in [0.2, 0.25) is 0 Å². The van der Waals surface area contributed by atoms with Crippen molar-refractivity contribution in [2.75, 3.05) is 6.54 Å². The summed E-state index contributed by atoms with van der Waals surface area (Å²) in [4.78, 5) is 0.767. The molecule has 0 fully saturated rings. The predicted octanol–water partition coefficient (Wildman–Crippen LogP) is 1.14. The fourth-order valence-corrected chi connectivity index (χ4v) is 0.730. The molecule has 1 nitrogen and oxygen atoms in total. The molecule has 1 aliphatic heterocycles. The summed E-state index contributed by atoms with van der Waals surface area (Å²) in [5, 5.41) is 0. The van der Waals surface area contributed by atoms with E-state index in [-0.39, 0.29) is 0 Å². The van der Waals surface area contributed by atoms with Gasteiger partial charge in [0.25, 0.3) is 0 Å². The minimum Gasteiger partial charge on any atom is -0.0378 e. The Balaban J connectivity index is 2.40. The Morgan fingerprint density at radius 2 is 2.29 bits per heavy atom. The van der Waals surface area contributed by atoms with Gasteiger partial charge in [-0.25, -0.2) is 0 Å². The fraction of sp³-hybridized carbons (Fsp3) is 0.800. The van der Waals surface area contributed by atoms with E-state index in [0.717, 1.165) is 24.1 Å². The van der Waals surface area contributed by atoms with Gasteiger partial charge in [0.05, 0.1) is 4.48 Å². The molecule has 40 valence electrons. The molecular formula is C5H9FN+. The third-order valence-electron chi connectivity index (χ3n) is 1.15. The Labute approximate surface area is 42.4 Å². The van der Waals surface area contributed by atoms with Crippen molar-refractivity contribution < 1.29 is 9.28 Å². The average molecular weight is 102 g/mol. The van der Waals surface area contributed by atoms with Gasteiger partial charge in [-0.1, -0.05) is 0 Å². The molecular weight excluding hydrogens is 93.1 g/mol. The third kappa shape index (κ3) is 1.26. The molecule has 0 aromatic rings. The monoisotopic (exact) mass is 102 g/mol. The first-order chi connectivity index (χ1) is 3.39. The molecule has 1 rings (SSSR count). The molecule has 0 atom stereocenters. The van der Waals surface area contributed by atoms with E-state index in [0.29, 0.717) is 6.54 Å². The molecule has 0 amide bonds. The molecule has 0 spiro atoms. The Morgan fingerprint density at radius 1 is 1.43 bits per heavy atom. The van der Waals surface area contributed by atoms with Crippen molar-refractivity contribution in [3.8, 4) is 0 Å². The van der Waals surface area contributed by atoms with Crippen molar-refractivity contribution in [3.63, 3.8) is 0 Å². The van der Waals surface area contributed by atoms with E-state index in [9.17, 15) is 4.48 Å². The summed E-state index contributed by atoms with van der Waals surface area (Å²) in [6.45, 7) is 0.597. The van der Waals surface area contributed by atoms with Crippen LogP contribution in [0.1, 0.15) is 19.3 Å². The van der Waals surface area contributed by atoms with Gasteiger partial charge < -0.3 is 0 Å². The summed E-state index contributed by atoms with van der Waals surface area (Å²) in [7, 11) is 0. The van der Waals surface area contributed by atoms with E-state index in [1.165, 1.54) is 0 Å². The van der Waals surface area contributed by atoms with Gasteiger partial charge in [-0.15, -0.1) is 0 Å². The minimum absolute atomic E-state index is 0.597. The van der Waals surface area contributed by atoms with Gasteiger partial charge in [-0.05, 0) is 11.2 Å². The van der Waals surface area contributed by atoms with Crippen molar-refractivity contribution in [1.29, 1.82) is 0 Å². The highest BCUT2D eigenvalue weighted by molar-refractivity contribution is 5.50. The maximum atomic E-state index is 12.0. The van der Waals surface area contributed by atoms with Crippen LogP contribution in [0.15, 0.2) is 0 Å². The first-order valence-corrected chi connectivity index (χ1v) is 2.65. The Kier molecular flexibility index (Phi) is 1.39. The van der Waals surface area contributed by atoms with E-state index in [1.54, 1.807) is 6.21 Å². The van der Waals surface area contributed by atoms with Crippen molar-refractivity contribution >= 4 is 6.21 Å². The van der Waals surface area contributed by atoms with Crippen molar-refractivity contribution in [3.05, 3.63) is 0 Å². The van der Waals surface area contributed by atoms with Crippen molar-refractivity contribution in [2.24, 2.45) is 0 Å². The first-order valence-electron chi connectivity index (χ1n) is 2.65. The molecule has 1 aliphatic rings. The molecule has 7 heavy (non-hydrogen) atoms. The normalized spacial score (nSPS) is 21.6. The molecule has 0 saturated carbocycles. The van der Waals surface area contributed by atoms with Gasteiger partial charge in [0.1, 0.15) is 0 Å². The quantitative estimate of drug-likeness (QED) is 0.403. The lowest BCUT2D eigenvalue weighted by Crippen LogP contribution is -2.09. The third-order valence-corrected chi connectivity index (χ3v) is 1.15. The second kappa shape index (κ2) is 2.05. The first kappa shape index (κ1) is 4.75. The molecule has 0 aromatic heterocycles. The Morgan fingerprint density at radius 3 is 2.57 bits per heavy atom. The van der Waals surface area contributed by atoms with Gasteiger partial charge in [0.15, 0.2) is 12.8 Å². The van der Waals surface area contributed by atoms with Crippen LogP contribution in [0.4, 0.5) is 4.48 Å². The van der Waals surface area contributed by atoms with Gasteiger partial charge in [-0.2, -0.15) is 0 Å². The van der Waals surface area contributed by atoms with Gasteiger partial charge in [0, 0.05) is 12.8 Å². The summed E-state index contributed by atoms with van der Waals surface area (Å²) in [5.74, 6) is 0. The molecule has 0 unspecified atom stereocenters. The van der Waals surface area contributed by atoms with Gasteiger partial charge >= 0.3 is 0 Å². The summed E-state index contributed by atoms with van der Waals surface area (Å²) in [6.07, 6.45) is 4.67. The van der Waals surface area contributed by atoms with Crippen LogP contribution < -0.4 is 0 Å². The van der Waals surface area contributed by atoms with Crippen LogP contribution in [-0.2, 0) is 0 Å². The molecule has 1 heterocycles. The molecule has 0 saturated heterocycles. The standard InChI is InChI=1S/C5H9FN/c6-7-4-2-1-3-5-7/h4H,1-3,5H2/q+1. The maximum absolute atomic E-state index is 12.0. The smallest absolute Gasteiger partial charge is 0.0378 e. The molecule has 0 N–H and O–H groups in total. The molecule has 0 aromatic carbocycles. The summed E-state index contributed by atoms with van der Waals surface area (Å²) < 4.78 is 12.0. The van der Waals surface area contributed by atoms with E-state index in [2.05, 4.69) is 0 Å². The molecule has 2 heteroatoms. The molecule has 0 bridgehead atoms. The zero-order valence-corrected chi connectivity index (χ0v) is 4.23. The SMILES string of the molecule is F[N+]1=CCCCC1. The van der Waals surface area contributed by atoms with Crippen LogP contribution in [0, 0.1) is 0 Å². The zero-order chi connectivity index (χ0) is 5.11. The maximum Gasteiger partial charge on any atom is 0.189 e. The summed E-state index contributed by atoms with van der Waals surface area (Å²) in [5.41, 5.74) is 0. The number of hydrogen-bond donors (Lipinski definition) is 0. The van der Waals surface area contributed by atoms with E-state index < -0.39 is 0 Å². The second-order valence-electron chi connectivity index (χ2n) is 1.80. The number of nitrogens with zero attached hydrogens (tertiary/aromatic N) is 1. The Bertz CT molecular complexity index is 88.1. The van der Waals surface area contributed by atoms with Crippen LogP contribution in [0.2, 0.25) is 0 Å². The predicted molar refractivity (Wildman–Crippen MR) is 26.2 cm³/mol. The molecule has 0 radical (unpaired) electrons. The van der Waals surface area contributed by atoms with Crippen molar-refractivity contribution in [2.45, 2.75) is 19.3 Å². The summed E-state index contributed by atoms with van der Waals surface area (Å²) >= 11 is 0. The lowest BCUT2D eigenvalue weighted by molar-refractivity contribution is -0.708. The van der Waals surface area contributed by atoms with E-state index in [4.69, 9.17) is 0 Å². The van der Waals surface area contributed by atoms with Crippen LogP contribution in [-0.4, -0.2) is 17.6 Å². The number of halogens is 1. The molecule has 0 aliphatic carbocycles. The largest absolute Gasteiger partial charge is 0.189 e. The fourth-order valence-electron chi connectivity index (χ4n) is 0.730. The topological polar surface area (TPSA) is 3.01 Å². The van der Waals surface area contributed by atoms with E-state index >= 15 is 0 Å². The minimum atomic E-state index is 0.597. The lowest BCUT2D eigenvalue weighted by Gasteiger charge is -1.94. The van der Waals surface area contributed by atoms with Crippen molar-refractivity contribution in [1.82, 2.24) is 0 Å². The zero-order valence-electron chi connectivity index (χ0n) is 4.23. The van der Waals surface area contributed by atoms with Crippen LogP contribution in [0.3, 0.4) is 0 Å². The highest BCUT2D eigenvalue weighted by atomic mass is 19.2. The van der Waals surface area contributed by atoms with Crippen LogP contribution >= 0.6 is 0 Å². The van der Waals surface area contributed by atoms with E-state index in [1.807, 2.05) is 0 Å².